The van der Waals surface area contributed by atoms with Crippen LogP contribution in [0.15, 0.2) is 0 Å². The monoisotopic (exact) mass is 262 g/mol. The molecule has 6 heteroatoms. The first-order valence-corrected chi connectivity index (χ1v) is 6.33. The Balaban J connectivity index is 4.28. The van der Waals surface area contributed by atoms with Gasteiger partial charge in [-0.25, -0.2) is 0 Å². The van der Waals surface area contributed by atoms with E-state index in [-0.39, 0.29) is 12.2 Å². The minimum absolute atomic E-state index is 0.00729. The van der Waals surface area contributed by atoms with E-state index in [1.54, 1.807) is 27.7 Å². The fourth-order valence-electron chi connectivity index (χ4n) is 1.70. The van der Waals surface area contributed by atoms with Crippen LogP contribution in [-0.4, -0.2) is 36.1 Å². The largest absolute Gasteiger partial charge is 0.640 e. The summed E-state index contributed by atoms with van der Waals surface area (Å²) in [5.41, 5.74) is 0. The van der Waals surface area contributed by atoms with Gasteiger partial charge in [-0.2, -0.15) is 0 Å². The second-order valence-electron chi connectivity index (χ2n) is 5.68. The second kappa shape index (κ2) is 6.87. The molecule has 0 radical (unpaired) electrons. The molecule has 0 saturated heterocycles. The standard InChI is InChI=1S/C12H27BO5/c1-9(2)15-11(5,6)17-13(14)18-12(7,8)16-10(3)4/h9-10,14H,1-8H3. The SMILES string of the molecule is CC(C)OC(C)(C)OB(O)OC(C)(C)OC(C)C. The average molecular weight is 262 g/mol. The van der Waals surface area contributed by atoms with Crippen molar-refractivity contribution in [2.45, 2.75) is 79.2 Å². The molecule has 0 saturated carbocycles. The molecule has 0 atom stereocenters. The van der Waals surface area contributed by atoms with Gasteiger partial charge in [0.25, 0.3) is 0 Å². The first-order chi connectivity index (χ1) is 7.93. The van der Waals surface area contributed by atoms with Crippen LogP contribution in [0.2, 0.25) is 0 Å². The first-order valence-electron chi connectivity index (χ1n) is 6.33. The molecule has 5 nitrogen and oxygen atoms in total. The zero-order valence-electron chi connectivity index (χ0n) is 12.8. The van der Waals surface area contributed by atoms with Crippen molar-refractivity contribution in [1.82, 2.24) is 0 Å². The zero-order chi connectivity index (χ0) is 14.6. The molecule has 0 aromatic heterocycles. The van der Waals surface area contributed by atoms with Crippen molar-refractivity contribution in [2.24, 2.45) is 0 Å². The minimum atomic E-state index is -1.41. The summed E-state index contributed by atoms with van der Waals surface area (Å²) < 4.78 is 21.6. The lowest BCUT2D eigenvalue weighted by Gasteiger charge is -2.33. The predicted octanol–water partition coefficient (Wildman–Crippen LogP) is 2.32. The van der Waals surface area contributed by atoms with Crippen molar-refractivity contribution in [3.8, 4) is 0 Å². The summed E-state index contributed by atoms with van der Waals surface area (Å²) in [5.74, 6) is -1.86. The van der Waals surface area contributed by atoms with Gasteiger partial charge in [0, 0.05) is 0 Å². The molecule has 0 bridgehead atoms. The van der Waals surface area contributed by atoms with Gasteiger partial charge in [-0.05, 0) is 55.4 Å². The summed E-state index contributed by atoms with van der Waals surface area (Å²) in [6, 6.07) is 0. The van der Waals surface area contributed by atoms with Crippen LogP contribution in [0.4, 0.5) is 0 Å². The molecule has 18 heavy (non-hydrogen) atoms. The summed E-state index contributed by atoms with van der Waals surface area (Å²) in [6.45, 7) is 14.4. The van der Waals surface area contributed by atoms with E-state index < -0.39 is 18.9 Å². The highest BCUT2D eigenvalue weighted by molar-refractivity contribution is 6.34. The Labute approximate surface area is 111 Å². The summed E-state index contributed by atoms with van der Waals surface area (Å²) in [5, 5.41) is 9.74. The van der Waals surface area contributed by atoms with Crippen LogP contribution in [-0.2, 0) is 18.8 Å². The minimum Gasteiger partial charge on any atom is -0.401 e. The van der Waals surface area contributed by atoms with E-state index in [0.717, 1.165) is 0 Å². The molecule has 0 amide bonds. The molecule has 0 heterocycles. The average Bonchev–Trinajstić information content (AvgIpc) is 1.92. The Hall–Kier alpha value is -0.135. The van der Waals surface area contributed by atoms with E-state index in [1.165, 1.54) is 0 Å². The highest BCUT2D eigenvalue weighted by atomic mass is 16.8. The summed E-state index contributed by atoms with van der Waals surface area (Å²) in [4.78, 5) is 0. The Bertz CT molecular complexity index is 217. The first kappa shape index (κ1) is 17.9. The Morgan fingerprint density at radius 3 is 1.28 bits per heavy atom. The van der Waals surface area contributed by atoms with E-state index in [1.807, 2.05) is 27.7 Å². The van der Waals surface area contributed by atoms with Gasteiger partial charge in [-0.3, -0.25) is 0 Å². The fourth-order valence-corrected chi connectivity index (χ4v) is 1.70. The molecule has 0 aliphatic carbocycles. The van der Waals surface area contributed by atoms with Gasteiger partial charge in [-0.15, -0.1) is 0 Å². The van der Waals surface area contributed by atoms with E-state index in [0.29, 0.717) is 0 Å². The van der Waals surface area contributed by atoms with E-state index in [4.69, 9.17) is 18.8 Å². The van der Waals surface area contributed by atoms with Crippen LogP contribution < -0.4 is 0 Å². The van der Waals surface area contributed by atoms with E-state index in [2.05, 4.69) is 0 Å². The van der Waals surface area contributed by atoms with Crippen LogP contribution in [0.3, 0.4) is 0 Å². The van der Waals surface area contributed by atoms with Gasteiger partial charge < -0.3 is 23.8 Å². The second-order valence-corrected chi connectivity index (χ2v) is 5.68. The van der Waals surface area contributed by atoms with Gasteiger partial charge in [0.05, 0.1) is 12.2 Å². The molecule has 108 valence electrons. The normalized spacial score (nSPS) is 13.5. The lowest BCUT2D eigenvalue weighted by Crippen LogP contribution is -2.45. The van der Waals surface area contributed by atoms with Crippen LogP contribution >= 0.6 is 0 Å². The van der Waals surface area contributed by atoms with Crippen LogP contribution in [0.5, 0.6) is 0 Å². The van der Waals surface area contributed by atoms with Crippen molar-refractivity contribution < 1.29 is 23.8 Å². The topological polar surface area (TPSA) is 57.2 Å². The van der Waals surface area contributed by atoms with Crippen molar-refractivity contribution in [3.63, 3.8) is 0 Å². The molecule has 0 unspecified atom stereocenters. The van der Waals surface area contributed by atoms with Gasteiger partial charge in [0.1, 0.15) is 0 Å². The Morgan fingerprint density at radius 1 is 0.778 bits per heavy atom. The van der Waals surface area contributed by atoms with Crippen molar-refractivity contribution in [2.75, 3.05) is 0 Å². The van der Waals surface area contributed by atoms with Crippen LogP contribution in [0.1, 0.15) is 55.4 Å². The molecule has 0 aromatic carbocycles. The number of ether oxygens (including phenoxy) is 2. The quantitative estimate of drug-likeness (QED) is 0.537. The van der Waals surface area contributed by atoms with Crippen molar-refractivity contribution >= 4 is 7.32 Å². The summed E-state index contributed by atoms with van der Waals surface area (Å²) >= 11 is 0. The maximum atomic E-state index is 9.74. The lowest BCUT2D eigenvalue weighted by atomic mass is 10.2. The smallest absolute Gasteiger partial charge is 0.401 e. The zero-order valence-corrected chi connectivity index (χ0v) is 12.8. The number of hydrogen-bond acceptors (Lipinski definition) is 5. The molecule has 0 aliphatic rings. The molecule has 0 rings (SSSR count). The molecule has 1 N–H and O–H groups in total. The summed E-state index contributed by atoms with van der Waals surface area (Å²) in [6.07, 6.45) is -0.0146. The third-order valence-corrected chi connectivity index (χ3v) is 1.81. The highest BCUT2D eigenvalue weighted by Crippen LogP contribution is 2.19. The van der Waals surface area contributed by atoms with Crippen molar-refractivity contribution in [1.29, 1.82) is 0 Å². The maximum Gasteiger partial charge on any atom is 0.640 e. The van der Waals surface area contributed by atoms with Gasteiger partial charge in [-0.1, -0.05) is 0 Å². The highest BCUT2D eigenvalue weighted by Gasteiger charge is 2.35. The van der Waals surface area contributed by atoms with E-state index >= 15 is 0 Å². The molecule has 0 fully saturated rings. The Morgan fingerprint density at radius 2 is 1.06 bits per heavy atom. The third-order valence-electron chi connectivity index (χ3n) is 1.81. The third kappa shape index (κ3) is 8.88. The fraction of sp³-hybridized carbons (Fsp3) is 1.00. The van der Waals surface area contributed by atoms with Gasteiger partial charge in [0.2, 0.25) is 0 Å². The molecular weight excluding hydrogens is 235 g/mol. The van der Waals surface area contributed by atoms with Gasteiger partial charge in [0.15, 0.2) is 11.6 Å². The maximum absolute atomic E-state index is 9.74. The Kier molecular flexibility index (Phi) is 6.81. The number of hydrogen-bond donors (Lipinski definition) is 1. The molecule has 0 aliphatic heterocycles. The predicted molar refractivity (Wildman–Crippen MR) is 70.7 cm³/mol. The molecule has 0 spiro atoms. The molecule has 0 aromatic rings. The summed E-state index contributed by atoms with van der Waals surface area (Å²) in [7, 11) is -1.41. The van der Waals surface area contributed by atoms with Crippen LogP contribution in [0, 0.1) is 0 Å². The van der Waals surface area contributed by atoms with Crippen LogP contribution in [0.25, 0.3) is 0 Å². The van der Waals surface area contributed by atoms with Gasteiger partial charge >= 0.3 is 7.32 Å². The van der Waals surface area contributed by atoms with E-state index in [9.17, 15) is 5.02 Å². The number of rotatable bonds is 8. The lowest BCUT2D eigenvalue weighted by molar-refractivity contribution is -0.231. The molecular formula is C12H27BO5. The van der Waals surface area contributed by atoms with Crippen molar-refractivity contribution in [3.05, 3.63) is 0 Å².